The zero-order valence-electron chi connectivity index (χ0n) is 10.3. The monoisotopic (exact) mass is 251 g/mol. The Bertz CT molecular complexity index is 479. The molecule has 4 heteroatoms. The summed E-state index contributed by atoms with van der Waals surface area (Å²) in [5.74, 6) is 0. The fourth-order valence-corrected chi connectivity index (χ4v) is 2.66. The van der Waals surface area contributed by atoms with Crippen molar-refractivity contribution in [1.82, 2.24) is 0 Å². The van der Waals surface area contributed by atoms with Crippen molar-refractivity contribution in [1.29, 1.82) is 0 Å². The molecule has 2 aromatic rings. The highest BCUT2D eigenvalue weighted by Gasteiger charge is 2.15. The molecule has 0 bridgehead atoms. The Hall–Kier alpha value is -1.10. The summed E-state index contributed by atoms with van der Waals surface area (Å²) in [4.78, 5) is 0. The van der Waals surface area contributed by atoms with Gasteiger partial charge in [-0.05, 0) is 42.0 Å². The van der Waals surface area contributed by atoms with Gasteiger partial charge in [0.25, 0.3) is 0 Å². The van der Waals surface area contributed by atoms with Crippen molar-refractivity contribution in [3.8, 4) is 0 Å². The molecule has 0 aliphatic rings. The lowest BCUT2D eigenvalue weighted by Crippen LogP contribution is -2.33. The fraction of sp³-hybridized carbons (Fsp3) is 0.385. The third-order valence-electron chi connectivity index (χ3n) is 2.72. The minimum atomic E-state index is -0.242. The summed E-state index contributed by atoms with van der Waals surface area (Å²) >= 11 is 1.75. The van der Waals surface area contributed by atoms with Crippen molar-refractivity contribution in [3.05, 3.63) is 29.6 Å². The minimum absolute atomic E-state index is 0.0982. The topological polar surface area (TPSA) is 30.5 Å². The number of benzene rings is 1. The number of hydrogen-bond donors (Lipinski definition) is 1. The second kappa shape index (κ2) is 5.49. The van der Waals surface area contributed by atoms with Crippen LogP contribution in [0.15, 0.2) is 29.6 Å². The predicted molar refractivity (Wildman–Crippen MR) is 72.7 cm³/mol. The lowest BCUT2D eigenvalue weighted by molar-refractivity contribution is -0.109. The van der Waals surface area contributed by atoms with E-state index in [1.807, 2.05) is 6.92 Å². The molecule has 1 atom stereocenters. The number of anilines is 1. The highest BCUT2D eigenvalue weighted by atomic mass is 32.1. The highest BCUT2D eigenvalue weighted by molar-refractivity contribution is 7.17. The Morgan fingerprint density at radius 1 is 1.18 bits per heavy atom. The van der Waals surface area contributed by atoms with Crippen molar-refractivity contribution < 1.29 is 9.47 Å². The molecule has 0 amide bonds. The first-order valence-corrected chi connectivity index (χ1v) is 6.42. The summed E-state index contributed by atoms with van der Waals surface area (Å²) in [6, 6.07) is 8.58. The first kappa shape index (κ1) is 12.4. The maximum absolute atomic E-state index is 5.22. The van der Waals surface area contributed by atoms with Gasteiger partial charge in [0, 0.05) is 24.6 Å². The van der Waals surface area contributed by atoms with Gasteiger partial charge in [0.05, 0.1) is 6.04 Å². The van der Waals surface area contributed by atoms with E-state index in [0.29, 0.717) is 0 Å². The van der Waals surface area contributed by atoms with Gasteiger partial charge < -0.3 is 14.8 Å². The normalized spacial score (nSPS) is 13.2. The van der Waals surface area contributed by atoms with Gasteiger partial charge in [-0.25, -0.2) is 0 Å². The van der Waals surface area contributed by atoms with Gasteiger partial charge in [-0.2, -0.15) is 0 Å². The van der Waals surface area contributed by atoms with E-state index in [9.17, 15) is 0 Å². The number of nitrogens with one attached hydrogen (secondary N) is 1. The van der Waals surface area contributed by atoms with E-state index in [1.165, 1.54) is 10.1 Å². The first-order valence-electron chi connectivity index (χ1n) is 5.54. The molecular formula is C13H17NO2S. The molecule has 1 aromatic carbocycles. The molecule has 1 N–H and O–H groups in total. The maximum atomic E-state index is 5.22. The standard InChI is InChI=1S/C13H17NO2S/c1-9(13(15-2)16-3)14-11-4-5-12-10(8-11)6-7-17-12/h4-9,13-14H,1-3H3. The Kier molecular flexibility index (Phi) is 3.99. The second-order valence-corrected chi connectivity index (χ2v) is 4.89. The summed E-state index contributed by atoms with van der Waals surface area (Å²) in [5.41, 5.74) is 1.09. The van der Waals surface area contributed by atoms with Gasteiger partial charge in [0.1, 0.15) is 0 Å². The third kappa shape index (κ3) is 2.77. The Morgan fingerprint density at radius 2 is 1.94 bits per heavy atom. The van der Waals surface area contributed by atoms with E-state index in [0.717, 1.165) is 5.69 Å². The van der Waals surface area contributed by atoms with Gasteiger partial charge in [0.15, 0.2) is 6.29 Å². The molecule has 0 aliphatic carbocycles. The van der Waals surface area contributed by atoms with Gasteiger partial charge >= 0.3 is 0 Å². The largest absolute Gasteiger partial charge is 0.377 e. The van der Waals surface area contributed by atoms with Crippen molar-refractivity contribution in [2.24, 2.45) is 0 Å². The van der Waals surface area contributed by atoms with Crippen LogP contribution in [0.4, 0.5) is 5.69 Å². The first-order chi connectivity index (χ1) is 8.24. The zero-order valence-corrected chi connectivity index (χ0v) is 11.1. The molecule has 0 aliphatic heterocycles. The van der Waals surface area contributed by atoms with Crippen molar-refractivity contribution in [2.75, 3.05) is 19.5 Å². The molecular weight excluding hydrogens is 234 g/mol. The van der Waals surface area contributed by atoms with E-state index in [2.05, 4.69) is 35.0 Å². The smallest absolute Gasteiger partial charge is 0.176 e. The summed E-state index contributed by atoms with van der Waals surface area (Å²) in [6.45, 7) is 2.04. The number of fused-ring (bicyclic) bond motifs is 1. The molecule has 1 aromatic heterocycles. The average Bonchev–Trinajstić information content (AvgIpc) is 2.77. The van der Waals surface area contributed by atoms with Gasteiger partial charge in [0.2, 0.25) is 0 Å². The number of methoxy groups -OCH3 is 2. The van der Waals surface area contributed by atoms with E-state index in [-0.39, 0.29) is 12.3 Å². The van der Waals surface area contributed by atoms with Crippen LogP contribution in [0.1, 0.15) is 6.92 Å². The summed E-state index contributed by atoms with van der Waals surface area (Å²) in [6.07, 6.45) is -0.242. The number of rotatable bonds is 5. The predicted octanol–water partition coefficient (Wildman–Crippen LogP) is 3.32. The molecule has 17 heavy (non-hydrogen) atoms. The molecule has 0 spiro atoms. The van der Waals surface area contributed by atoms with Crippen LogP contribution in [0, 0.1) is 0 Å². The van der Waals surface area contributed by atoms with Crippen LogP contribution >= 0.6 is 11.3 Å². The third-order valence-corrected chi connectivity index (χ3v) is 3.62. The van der Waals surface area contributed by atoms with Gasteiger partial charge in [-0.1, -0.05) is 0 Å². The summed E-state index contributed by atoms with van der Waals surface area (Å²) in [5, 5.41) is 6.75. The molecule has 2 rings (SSSR count). The van der Waals surface area contributed by atoms with Crippen LogP contribution in [-0.2, 0) is 9.47 Å². The zero-order chi connectivity index (χ0) is 12.3. The number of thiophene rings is 1. The van der Waals surface area contributed by atoms with E-state index >= 15 is 0 Å². The minimum Gasteiger partial charge on any atom is -0.377 e. The molecule has 1 heterocycles. The van der Waals surface area contributed by atoms with Crippen LogP contribution in [0.2, 0.25) is 0 Å². The summed E-state index contributed by atoms with van der Waals surface area (Å²) < 4.78 is 11.8. The Morgan fingerprint density at radius 3 is 2.65 bits per heavy atom. The average molecular weight is 251 g/mol. The fourth-order valence-electron chi connectivity index (χ4n) is 1.89. The SMILES string of the molecule is COC(OC)C(C)Nc1ccc2sccc2c1. The number of hydrogen-bond acceptors (Lipinski definition) is 4. The van der Waals surface area contributed by atoms with Crippen LogP contribution in [0.3, 0.4) is 0 Å². The van der Waals surface area contributed by atoms with E-state index in [4.69, 9.17) is 9.47 Å². The van der Waals surface area contributed by atoms with Crippen molar-refractivity contribution in [3.63, 3.8) is 0 Å². The lowest BCUT2D eigenvalue weighted by atomic mass is 10.2. The van der Waals surface area contributed by atoms with Gasteiger partial charge in [-0.15, -0.1) is 11.3 Å². The lowest BCUT2D eigenvalue weighted by Gasteiger charge is -2.23. The molecule has 1 unspecified atom stereocenters. The molecule has 0 fully saturated rings. The van der Waals surface area contributed by atoms with Gasteiger partial charge in [-0.3, -0.25) is 0 Å². The molecule has 0 saturated carbocycles. The second-order valence-electron chi connectivity index (χ2n) is 3.95. The molecule has 0 saturated heterocycles. The molecule has 3 nitrogen and oxygen atoms in total. The van der Waals surface area contributed by atoms with Crippen LogP contribution in [0.5, 0.6) is 0 Å². The van der Waals surface area contributed by atoms with Crippen LogP contribution in [0.25, 0.3) is 10.1 Å². The summed E-state index contributed by atoms with van der Waals surface area (Å²) in [7, 11) is 3.29. The van der Waals surface area contributed by atoms with E-state index < -0.39 is 0 Å². The maximum Gasteiger partial charge on any atom is 0.176 e. The quantitative estimate of drug-likeness (QED) is 0.827. The van der Waals surface area contributed by atoms with Crippen molar-refractivity contribution in [2.45, 2.75) is 19.3 Å². The Balaban J connectivity index is 2.11. The van der Waals surface area contributed by atoms with Crippen LogP contribution in [-0.4, -0.2) is 26.6 Å². The van der Waals surface area contributed by atoms with E-state index in [1.54, 1.807) is 25.6 Å². The highest BCUT2D eigenvalue weighted by Crippen LogP contribution is 2.24. The Labute approximate surface area is 105 Å². The molecule has 92 valence electrons. The molecule has 0 radical (unpaired) electrons. The van der Waals surface area contributed by atoms with Crippen LogP contribution < -0.4 is 5.32 Å². The van der Waals surface area contributed by atoms with Crippen molar-refractivity contribution >= 4 is 27.1 Å². The number of ether oxygens (including phenoxy) is 2.